The quantitative estimate of drug-likeness (QED) is 0.291. The topological polar surface area (TPSA) is 108 Å². The highest BCUT2D eigenvalue weighted by atomic mass is 19.4. The van der Waals surface area contributed by atoms with Gasteiger partial charge in [-0.3, -0.25) is 4.79 Å². The molecule has 36 heavy (non-hydrogen) atoms. The number of rotatable bonds is 5. The monoisotopic (exact) mass is 489 g/mol. The van der Waals surface area contributed by atoms with Crippen LogP contribution in [0, 0.1) is 6.92 Å². The first-order valence-corrected chi connectivity index (χ1v) is 10.8. The summed E-state index contributed by atoms with van der Waals surface area (Å²) in [5.41, 5.74) is 3.24. The lowest BCUT2D eigenvalue weighted by molar-refractivity contribution is -0.137. The fraction of sp³-hybridized carbons (Fsp3) is 0.0800. The molecule has 0 unspecified atom stereocenters. The summed E-state index contributed by atoms with van der Waals surface area (Å²) < 4.78 is 39.1. The van der Waals surface area contributed by atoms with Crippen LogP contribution in [0.5, 0.6) is 0 Å². The van der Waals surface area contributed by atoms with Gasteiger partial charge in [-0.1, -0.05) is 12.1 Å². The number of nitrogens with one attached hydrogen (secondary N) is 3. The number of aryl methyl sites for hydroxylation is 1. The molecule has 2 aromatic carbocycles. The molecule has 5 rings (SSSR count). The molecule has 0 spiro atoms. The van der Waals surface area contributed by atoms with E-state index in [0.29, 0.717) is 39.6 Å². The molecule has 0 saturated carbocycles. The Balaban J connectivity index is 1.43. The number of aromatic amines is 1. The van der Waals surface area contributed by atoms with Crippen LogP contribution < -0.4 is 10.6 Å². The van der Waals surface area contributed by atoms with Crippen molar-refractivity contribution < 1.29 is 18.0 Å². The predicted octanol–water partition coefficient (Wildman–Crippen LogP) is 5.74. The molecule has 0 aliphatic heterocycles. The van der Waals surface area contributed by atoms with Crippen LogP contribution in [0.1, 0.15) is 21.5 Å². The number of alkyl halides is 3. The summed E-state index contributed by atoms with van der Waals surface area (Å²) in [5.74, 6) is -0.152. The van der Waals surface area contributed by atoms with E-state index in [1.807, 2.05) is 6.07 Å². The molecule has 0 aliphatic rings. The van der Waals surface area contributed by atoms with Crippen LogP contribution in [-0.2, 0) is 6.18 Å². The molecule has 3 N–H and O–H groups in total. The fourth-order valence-electron chi connectivity index (χ4n) is 3.66. The number of carbonyl (C=O) groups is 1. The van der Waals surface area contributed by atoms with Gasteiger partial charge in [0.15, 0.2) is 5.65 Å². The third-order valence-electron chi connectivity index (χ3n) is 5.48. The SMILES string of the molecule is Cc1ccc(Nc2ncccc2-c2ncnc3[nH]cnc23)cc1NC(=O)c1cccc(C(F)(F)F)c1. The van der Waals surface area contributed by atoms with Crippen LogP contribution in [0.25, 0.3) is 22.4 Å². The zero-order valence-corrected chi connectivity index (χ0v) is 18.8. The Bertz CT molecular complexity index is 1580. The van der Waals surface area contributed by atoms with Gasteiger partial charge in [-0.25, -0.2) is 19.9 Å². The molecule has 3 aromatic heterocycles. The molecule has 11 heteroatoms. The number of aromatic nitrogens is 5. The second-order valence-electron chi connectivity index (χ2n) is 7.91. The van der Waals surface area contributed by atoms with Crippen molar-refractivity contribution in [3.8, 4) is 11.3 Å². The van der Waals surface area contributed by atoms with Crippen molar-refractivity contribution in [1.82, 2.24) is 24.9 Å². The van der Waals surface area contributed by atoms with Crippen LogP contribution in [-0.4, -0.2) is 30.8 Å². The van der Waals surface area contributed by atoms with E-state index in [9.17, 15) is 18.0 Å². The van der Waals surface area contributed by atoms with Gasteiger partial charge in [0.2, 0.25) is 0 Å². The summed E-state index contributed by atoms with van der Waals surface area (Å²) in [6.07, 6.45) is 0.0481. The van der Waals surface area contributed by atoms with Crippen molar-refractivity contribution in [3.63, 3.8) is 0 Å². The van der Waals surface area contributed by atoms with Crippen LogP contribution in [0.4, 0.5) is 30.4 Å². The minimum absolute atomic E-state index is 0.0959. The van der Waals surface area contributed by atoms with Crippen molar-refractivity contribution in [2.75, 3.05) is 10.6 Å². The minimum Gasteiger partial charge on any atom is -0.340 e. The van der Waals surface area contributed by atoms with Gasteiger partial charge in [0.1, 0.15) is 23.4 Å². The molecule has 0 bridgehead atoms. The Labute approximate surface area is 202 Å². The number of fused-ring (bicyclic) bond motifs is 1. The Hall–Kier alpha value is -4.80. The van der Waals surface area contributed by atoms with Gasteiger partial charge < -0.3 is 15.6 Å². The van der Waals surface area contributed by atoms with E-state index in [0.717, 1.165) is 17.7 Å². The smallest absolute Gasteiger partial charge is 0.340 e. The molecule has 5 aromatic rings. The number of pyridine rings is 1. The predicted molar refractivity (Wildman–Crippen MR) is 129 cm³/mol. The van der Waals surface area contributed by atoms with E-state index >= 15 is 0 Å². The molecule has 3 heterocycles. The highest BCUT2D eigenvalue weighted by molar-refractivity contribution is 6.05. The van der Waals surface area contributed by atoms with Gasteiger partial charge in [0, 0.05) is 28.7 Å². The second kappa shape index (κ2) is 9.10. The van der Waals surface area contributed by atoms with Crippen molar-refractivity contribution in [2.24, 2.45) is 0 Å². The number of amides is 1. The maximum Gasteiger partial charge on any atom is 0.416 e. The highest BCUT2D eigenvalue weighted by Gasteiger charge is 2.31. The maximum absolute atomic E-state index is 13.0. The van der Waals surface area contributed by atoms with E-state index in [-0.39, 0.29) is 5.56 Å². The van der Waals surface area contributed by atoms with Gasteiger partial charge in [0.25, 0.3) is 5.91 Å². The van der Waals surface area contributed by atoms with Gasteiger partial charge in [-0.2, -0.15) is 13.2 Å². The summed E-state index contributed by atoms with van der Waals surface area (Å²) in [4.78, 5) is 32.9. The molecular weight excluding hydrogens is 471 g/mol. The van der Waals surface area contributed by atoms with E-state index in [2.05, 4.69) is 35.6 Å². The van der Waals surface area contributed by atoms with Crippen molar-refractivity contribution >= 4 is 34.3 Å². The van der Waals surface area contributed by atoms with E-state index in [1.165, 1.54) is 24.8 Å². The summed E-state index contributed by atoms with van der Waals surface area (Å²) in [5, 5.41) is 5.92. The van der Waals surface area contributed by atoms with Crippen LogP contribution >= 0.6 is 0 Å². The number of hydrogen-bond donors (Lipinski definition) is 3. The molecular formula is C25H18F3N7O. The second-order valence-corrected chi connectivity index (χ2v) is 7.91. The third kappa shape index (κ3) is 4.58. The molecule has 180 valence electrons. The van der Waals surface area contributed by atoms with Gasteiger partial charge in [-0.05, 0) is 55.0 Å². The Morgan fingerprint density at radius 1 is 0.972 bits per heavy atom. The van der Waals surface area contributed by atoms with Crippen molar-refractivity contribution in [1.29, 1.82) is 0 Å². The van der Waals surface area contributed by atoms with E-state index in [4.69, 9.17) is 0 Å². The lowest BCUT2D eigenvalue weighted by atomic mass is 10.1. The lowest BCUT2D eigenvalue weighted by Gasteiger charge is -2.14. The Kier molecular flexibility index (Phi) is 5.80. The van der Waals surface area contributed by atoms with Crippen molar-refractivity contribution in [2.45, 2.75) is 13.1 Å². The zero-order valence-electron chi connectivity index (χ0n) is 18.8. The number of nitrogens with zero attached hydrogens (tertiary/aromatic N) is 4. The lowest BCUT2D eigenvalue weighted by Crippen LogP contribution is -2.14. The molecule has 0 fully saturated rings. The zero-order chi connectivity index (χ0) is 25.3. The molecule has 1 amide bonds. The molecule has 0 saturated heterocycles. The average Bonchev–Trinajstić information content (AvgIpc) is 3.35. The van der Waals surface area contributed by atoms with Gasteiger partial charge >= 0.3 is 6.18 Å². The molecule has 0 atom stereocenters. The van der Waals surface area contributed by atoms with Crippen LogP contribution in [0.2, 0.25) is 0 Å². The van der Waals surface area contributed by atoms with E-state index < -0.39 is 17.6 Å². The van der Waals surface area contributed by atoms with Gasteiger partial charge in [0.05, 0.1) is 11.9 Å². The molecule has 8 nitrogen and oxygen atoms in total. The highest BCUT2D eigenvalue weighted by Crippen LogP contribution is 2.32. The average molecular weight is 489 g/mol. The first-order chi connectivity index (χ1) is 17.3. The minimum atomic E-state index is -4.54. The largest absolute Gasteiger partial charge is 0.416 e. The summed E-state index contributed by atoms with van der Waals surface area (Å²) in [7, 11) is 0. The summed E-state index contributed by atoms with van der Waals surface area (Å²) in [6.45, 7) is 1.78. The number of halogens is 3. The number of anilines is 3. The number of carbonyl (C=O) groups excluding carboxylic acids is 1. The molecule has 0 aliphatic carbocycles. The maximum atomic E-state index is 13.0. The number of H-pyrrole nitrogens is 1. The summed E-state index contributed by atoms with van der Waals surface area (Å²) >= 11 is 0. The molecule has 0 radical (unpaired) electrons. The fourth-order valence-corrected chi connectivity index (χ4v) is 3.66. The number of hydrogen-bond acceptors (Lipinski definition) is 6. The standard InChI is InChI=1S/C25H18F3N7O/c1-14-7-8-17(11-19(14)35-24(36)15-4-2-5-16(10-15)25(26,27)28)34-22-18(6-3-9-29-22)20-21-23(32-12-30-20)33-13-31-21/h2-13H,1H3,(H,29,34)(H,35,36)(H,30,31,32,33). The van der Waals surface area contributed by atoms with Crippen LogP contribution in [0.3, 0.4) is 0 Å². The van der Waals surface area contributed by atoms with Crippen molar-refractivity contribution in [3.05, 3.63) is 90.1 Å². The Morgan fingerprint density at radius 3 is 2.67 bits per heavy atom. The first kappa shape index (κ1) is 23.0. The normalized spacial score (nSPS) is 11.4. The third-order valence-corrected chi connectivity index (χ3v) is 5.48. The van der Waals surface area contributed by atoms with Gasteiger partial charge in [-0.15, -0.1) is 0 Å². The summed E-state index contributed by atoms with van der Waals surface area (Å²) in [6, 6.07) is 13.2. The number of imidazole rings is 1. The van der Waals surface area contributed by atoms with E-state index in [1.54, 1.807) is 37.4 Å². The Morgan fingerprint density at radius 2 is 1.83 bits per heavy atom. The van der Waals surface area contributed by atoms with Crippen LogP contribution in [0.15, 0.2) is 73.4 Å². The first-order valence-electron chi connectivity index (χ1n) is 10.8. The number of benzene rings is 2.